The van der Waals surface area contributed by atoms with E-state index in [9.17, 15) is 14.0 Å². The Balaban J connectivity index is 1.68. The number of hydrogen-bond donors (Lipinski definition) is 1. The smallest absolute Gasteiger partial charge is 0.375 e. The fraction of sp³-hybridized carbons (Fsp3) is 0.143. The van der Waals surface area contributed by atoms with Gasteiger partial charge in [0.05, 0.1) is 6.26 Å². The number of anilines is 1. The molecule has 3 rings (SSSR count). The van der Waals surface area contributed by atoms with Gasteiger partial charge in [0, 0.05) is 11.3 Å². The fourth-order valence-electron chi connectivity index (χ4n) is 2.49. The Hall–Kier alpha value is -3.41. The molecule has 27 heavy (non-hydrogen) atoms. The number of carbonyl (C=O) groups excluding carboxylic acids is 2. The van der Waals surface area contributed by atoms with Gasteiger partial charge in [-0.25, -0.2) is 9.18 Å². The van der Waals surface area contributed by atoms with E-state index in [1.807, 2.05) is 30.3 Å². The second-order valence-corrected chi connectivity index (χ2v) is 6.03. The molecule has 0 radical (unpaired) electrons. The van der Waals surface area contributed by atoms with E-state index in [1.54, 1.807) is 25.1 Å². The topological polar surface area (TPSA) is 68.5 Å². The molecule has 5 nitrogen and oxygen atoms in total. The van der Waals surface area contributed by atoms with Crippen molar-refractivity contribution < 1.29 is 23.1 Å². The zero-order valence-corrected chi connectivity index (χ0v) is 14.9. The number of hydrogen-bond acceptors (Lipinski definition) is 4. The third-order valence-corrected chi connectivity index (χ3v) is 4.03. The van der Waals surface area contributed by atoms with Crippen molar-refractivity contribution in [1.82, 2.24) is 0 Å². The van der Waals surface area contributed by atoms with Gasteiger partial charge in [-0.15, -0.1) is 0 Å². The van der Waals surface area contributed by atoms with Crippen LogP contribution >= 0.6 is 0 Å². The van der Waals surface area contributed by atoms with Crippen molar-refractivity contribution >= 4 is 17.6 Å². The highest BCUT2D eigenvalue weighted by Crippen LogP contribution is 2.25. The molecule has 1 N–H and O–H groups in total. The number of ether oxygens (including phenoxy) is 1. The average molecular weight is 367 g/mol. The number of aryl methyl sites for hydroxylation is 1. The number of benzene rings is 2. The molecule has 1 unspecified atom stereocenters. The van der Waals surface area contributed by atoms with Crippen LogP contribution in [0.5, 0.6) is 0 Å². The minimum absolute atomic E-state index is 0.0160. The van der Waals surface area contributed by atoms with Crippen molar-refractivity contribution in [2.75, 3.05) is 5.32 Å². The van der Waals surface area contributed by atoms with Crippen LogP contribution in [-0.4, -0.2) is 18.0 Å². The number of carbonyl (C=O) groups is 2. The predicted octanol–water partition coefficient (Wildman–Crippen LogP) is 4.58. The van der Waals surface area contributed by atoms with Gasteiger partial charge in [-0.05, 0) is 43.2 Å². The van der Waals surface area contributed by atoms with E-state index in [-0.39, 0.29) is 11.4 Å². The fourth-order valence-corrected chi connectivity index (χ4v) is 2.49. The van der Waals surface area contributed by atoms with Crippen molar-refractivity contribution in [1.29, 1.82) is 0 Å². The molecule has 3 aromatic rings. The minimum atomic E-state index is -1.09. The van der Waals surface area contributed by atoms with Crippen molar-refractivity contribution in [3.05, 3.63) is 78.0 Å². The molecule has 0 saturated carbocycles. The second kappa shape index (κ2) is 7.86. The highest BCUT2D eigenvalue weighted by Gasteiger charge is 2.24. The number of furan rings is 1. The van der Waals surface area contributed by atoms with E-state index in [1.165, 1.54) is 19.3 Å². The Labute approximate surface area is 155 Å². The summed E-state index contributed by atoms with van der Waals surface area (Å²) < 4.78 is 24.0. The Morgan fingerprint density at radius 2 is 1.85 bits per heavy atom. The van der Waals surface area contributed by atoms with Crippen LogP contribution in [0.2, 0.25) is 0 Å². The monoisotopic (exact) mass is 367 g/mol. The molecule has 1 atom stereocenters. The Morgan fingerprint density at radius 1 is 1.11 bits per heavy atom. The molecular formula is C21H18FNO4. The van der Waals surface area contributed by atoms with Crippen molar-refractivity contribution in [3.8, 4) is 11.1 Å². The lowest BCUT2D eigenvalue weighted by molar-refractivity contribution is -0.123. The Bertz CT molecular complexity index is 965. The van der Waals surface area contributed by atoms with Gasteiger partial charge in [-0.1, -0.05) is 36.4 Å². The number of rotatable bonds is 5. The SMILES string of the molecule is Cc1ccc(NC(=O)C(C)OC(=O)c2occc2-c2ccccc2)cc1F. The first-order chi connectivity index (χ1) is 13.0. The summed E-state index contributed by atoms with van der Waals surface area (Å²) in [7, 11) is 0. The maximum atomic E-state index is 13.6. The molecule has 0 aliphatic rings. The molecular weight excluding hydrogens is 349 g/mol. The summed E-state index contributed by atoms with van der Waals surface area (Å²) in [6.45, 7) is 3.06. The molecule has 0 spiro atoms. The second-order valence-electron chi connectivity index (χ2n) is 6.03. The van der Waals surface area contributed by atoms with E-state index in [4.69, 9.17) is 9.15 Å². The first-order valence-corrected chi connectivity index (χ1v) is 8.36. The van der Waals surface area contributed by atoms with Gasteiger partial charge in [0.15, 0.2) is 6.10 Å². The molecule has 0 fully saturated rings. The third-order valence-electron chi connectivity index (χ3n) is 4.03. The van der Waals surface area contributed by atoms with E-state index in [0.29, 0.717) is 11.1 Å². The summed E-state index contributed by atoms with van der Waals surface area (Å²) >= 11 is 0. The zero-order valence-electron chi connectivity index (χ0n) is 14.9. The van der Waals surface area contributed by atoms with Crippen LogP contribution in [0.25, 0.3) is 11.1 Å². The van der Waals surface area contributed by atoms with E-state index in [2.05, 4.69) is 5.32 Å². The van der Waals surface area contributed by atoms with Crippen LogP contribution in [0.15, 0.2) is 65.3 Å². The van der Waals surface area contributed by atoms with Crippen LogP contribution in [-0.2, 0) is 9.53 Å². The first kappa shape index (κ1) is 18.4. The zero-order chi connectivity index (χ0) is 19.4. The van der Waals surface area contributed by atoms with Gasteiger partial charge in [-0.2, -0.15) is 0 Å². The van der Waals surface area contributed by atoms with Crippen LogP contribution < -0.4 is 5.32 Å². The lowest BCUT2D eigenvalue weighted by Gasteiger charge is -2.13. The van der Waals surface area contributed by atoms with Crippen LogP contribution in [0.1, 0.15) is 23.0 Å². The molecule has 2 aromatic carbocycles. The van der Waals surface area contributed by atoms with Crippen LogP contribution in [0.3, 0.4) is 0 Å². The van der Waals surface area contributed by atoms with Gasteiger partial charge in [0.1, 0.15) is 5.82 Å². The number of nitrogens with one attached hydrogen (secondary N) is 1. The molecule has 0 bridgehead atoms. The van der Waals surface area contributed by atoms with Crippen molar-refractivity contribution in [2.45, 2.75) is 20.0 Å². The van der Waals surface area contributed by atoms with Gasteiger partial charge in [0.25, 0.3) is 5.91 Å². The largest absolute Gasteiger partial charge is 0.457 e. The molecule has 138 valence electrons. The van der Waals surface area contributed by atoms with E-state index >= 15 is 0 Å². The summed E-state index contributed by atoms with van der Waals surface area (Å²) in [6.07, 6.45) is 0.300. The molecule has 1 heterocycles. The lowest BCUT2D eigenvalue weighted by atomic mass is 10.1. The standard InChI is InChI=1S/C21H18FNO4/c1-13-8-9-16(12-18(13)22)23-20(24)14(2)27-21(25)19-17(10-11-26-19)15-6-4-3-5-7-15/h3-12,14H,1-2H3,(H,23,24). The molecule has 0 aliphatic heterocycles. The lowest BCUT2D eigenvalue weighted by Crippen LogP contribution is -2.30. The Kier molecular flexibility index (Phi) is 5.35. The Morgan fingerprint density at radius 3 is 2.56 bits per heavy atom. The molecule has 1 amide bonds. The normalized spacial score (nSPS) is 11.7. The van der Waals surface area contributed by atoms with E-state index < -0.39 is 23.8 Å². The average Bonchev–Trinajstić information content (AvgIpc) is 3.15. The van der Waals surface area contributed by atoms with Gasteiger partial charge in [0.2, 0.25) is 5.76 Å². The first-order valence-electron chi connectivity index (χ1n) is 8.36. The summed E-state index contributed by atoms with van der Waals surface area (Å²) in [4.78, 5) is 24.6. The summed E-state index contributed by atoms with van der Waals surface area (Å²) in [6, 6.07) is 15.2. The number of esters is 1. The van der Waals surface area contributed by atoms with Gasteiger partial charge < -0.3 is 14.5 Å². The van der Waals surface area contributed by atoms with E-state index in [0.717, 1.165) is 5.56 Å². The molecule has 0 aliphatic carbocycles. The highest BCUT2D eigenvalue weighted by molar-refractivity contribution is 5.99. The quantitative estimate of drug-likeness (QED) is 0.670. The van der Waals surface area contributed by atoms with Crippen LogP contribution in [0, 0.1) is 12.7 Å². The molecule has 1 aromatic heterocycles. The van der Waals surface area contributed by atoms with Gasteiger partial charge in [-0.3, -0.25) is 4.79 Å². The number of halogens is 1. The third kappa shape index (κ3) is 4.23. The number of amides is 1. The predicted molar refractivity (Wildman–Crippen MR) is 98.8 cm³/mol. The van der Waals surface area contributed by atoms with Crippen LogP contribution in [0.4, 0.5) is 10.1 Å². The summed E-state index contributed by atoms with van der Waals surface area (Å²) in [5, 5.41) is 2.52. The molecule has 6 heteroatoms. The summed E-state index contributed by atoms with van der Waals surface area (Å²) in [5.74, 6) is -1.74. The van der Waals surface area contributed by atoms with Crippen molar-refractivity contribution in [3.63, 3.8) is 0 Å². The van der Waals surface area contributed by atoms with Crippen molar-refractivity contribution in [2.24, 2.45) is 0 Å². The maximum Gasteiger partial charge on any atom is 0.375 e. The maximum absolute atomic E-state index is 13.6. The van der Waals surface area contributed by atoms with Gasteiger partial charge >= 0.3 is 5.97 Å². The minimum Gasteiger partial charge on any atom is -0.457 e. The highest BCUT2D eigenvalue weighted by atomic mass is 19.1. The molecule has 0 saturated heterocycles. The summed E-state index contributed by atoms with van der Waals surface area (Å²) in [5.41, 5.74) is 2.13.